The van der Waals surface area contributed by atoms with E-state index in [2.05, 4.69) is 4.90 Å². The van der Waals surface area contributed by atoms with Crippen LogP contribution in [-0.4, -0.2) is 23.4 Å². The fraction of sp³-hybridized carbons (Fsp3) is 0.611. The molecule has 3 heteroatoms. The van der Waals surface area contributed by atoms with E-state index in [-0.39, 0.29) is 5.91 Å². The molecule has 0 spiro atoms. The number of nitrogen functional groups attached to an aromatic ring is 1. The zero-order chi connectivity index (χ0) is 14.8. The number of anilines is 1. The Bertz CT molecular complexity index is 520. The number of carbonyl (C=O) groups excluding carboxylic acids is 1. The number of amides is 1. The van der Waals surface area contributed by atoms with Crippen molar-refractivity contribution < 1.29 is 4.79 Å². The van der Waals surface area contributed by atoms with Crippen LogP contribution in [0.25, 0.3) is 0 Å². The van der Waals surface area contributed by atoms with Crippen LogP contribution in [0.4, 0.5) is 5.69 Å². The topological polar surface area (TPSA) is 46.3 Å². The van der Waals surface area contributed by atoms with E-state index in [9.17, 15) is 4.79 Å². The van der Waals surface area contributed by atoms with Crippen molar-refractivity contribution in [1.82, 2.24) is 4.90 Å². The van der Waals surface area contributed by atoms with Gasteiger partial charge in [0.15, 0.2) is 0 Å². The number of carbonyl (C=O) groups is 1. The molecule has 1 unspecified atom stereocenters. The van der Waals surface area contributed by atoms with Crippen LogP contribution in [0.3, 0.4) is 0 Å². The van der Waals surface area contributed by atoms with Crippen LogP contribution < -0.4 is 5.73 Å². The molecule has 1 heterocycles. The fourth-order valence-corrected chi connectivity index (χ4v) is 4.08. The van der Waals surface area contributed by atoms with E-state index in [1.54, 1.807) is 0 Å². The standard InChI is InChI=1S/C18H26N2O/c1-13-7-5-10-15(17(13)19)18(21)20-12-6-11-16(20)14-8-3-2-4-9-14/h5,7,10,14,16H,2-4,6,8-9,11-12,19H2,1H3. The third-order valence-corrected chi connectivity index (χ3v) is 5.31. The van der Waals surface area contributed by atoms with Crippen molar-refractivity contribution >= 4 is 11.6 Å². The van der Waals surface area contributed by atoms with Gasteiger partial charge in [-0.2, -0.15) is 0 Å². The van der Waals surface area contributed by atoms with Crippen LogP contribution >= 0.6 is 0 Å². The minimum absolute atomic E-state index is 0.143. The molecule has 1 saturated carbocycles. The molecule has 1 amide bonds. The van der Waals surface area contributed by atoms with Gasteiger partial charge in [0, 0.05) is 18.3 Å². The van der Waals surface area contributed by atoms with E-state index in [4.69, 9.17) is 5.73 Å². The highest BCUT2D eigenvalue weighted by Crippen LogP contribution is 2.35. The third-order valence-electron chi connectivity index (χ3n) is 5.31. The molecule has 1 saturated heterocycles. The fourth-order valence-electron chi connectivity index (χ4n) is 4.08. The number of benzene rings is 1. The van der Waals surface area contributed by atoms with Crippen molar-refractivity contribution in [2.45, 2.75) is 57.9 Å². The van der Waals surface area contributed by atoms with Crippen molar-refractivity contribution in [2.75, 3.05) is 12.3 Å². The highest BCUT2D eigenvalue weighted by Gasteiger charge is 2.35. The van der Waals surface area contributed by atoms with Gasteiger partial charge in [0.1, 0.15) is 0 Å². The largest absolute Gasteiger partial charge is 0.398 e. The Morgan fingerprint density at radius 2 is 1.90 bits per heavy atom. The van der Waals surface area contributed by atoms with Gasteiger partial charge in [0.25, 0.3) is 5.91 Å². The van der Waals surface area contributed by atoms with Crippen molar-refractivity contribution in [3.8, 4) is 0 Å². The van der Waals surface area contributed by atoms with Crippen LogP contribution in [0.5, 0.6) is 0 Å². The van der Waals surface area contributed by atoms with Crippen LogP contribution in [0.2, 0.25) is 0 Å². The summed E-state index contributed by atoms with van der Waals surface area (Å²) in [6, 6.07) is 6.22. The normalized spacial score (nSPS) is 23.5. The molecule has 0 radical (unpaired) electrons. The Morgan fingerprint density at radius 3 is 2.67 bits per heavy atom. The predicted octanol–water partition coefficient (Wildman–Crippen LogP) is 3.76. The molecule has 21 heavy (non-hydrogen) atoms. The average molecular weight is 286 g/mol. The quantitative estimate of drug-likeness (QED) is 0.841. The van der Waals surface area contributed by atoms with Crippen molar-refractivity contribution in [3.05, 3.63) is 29.3 Å². The summed E-state index contributed by atoms with van der Waals surface area (Å²) in [6.45, 7) is 2.86. The molecule has 1 aromatic carbocycles. The minimum atomic E-state index is 0.143. The van der Waals surface area contributed by atoms with E-state index in [1.807, 2.05) is 25.1 Å². The third kappa shape index (κ3) is 2.78. The van der Waals surface area contributed by atoms with E-state index in [0.717, 1.165) is 18.5 Å². The molecule has 0 aromatic heterocycles. The number of aryl methyl sites for hydroxylation is 1. The van der Waals surface area contributed by atoms with E-state index < -0.39 is 0 Å². The summed E-state index contributed by atoms with van der Waals surface area (Å²) in [5, 5.41) is 0. The van der Waals surface area contributed by atoms with Gasteiger partial charge < -0.3 is 10.6 Å². The predicted molar refractivity (Wildman–Crippen MR) is 86.2 cm³/mol. The van der Waals surface area contributed by atoms with Crippen LogP contribution in [0, 0.1) is 12.8 Å². The van der Waals surface area contributed by atoms with Crippen LogP contribution in [0.15, 0.2) is 18.2 Å². The van der Waals surface area contributed by atoms with Gasteiger partial charge in [0.05, 0.1) is 5.56 Å². The summed E-state index contributed by atoms with van der Waals surface area (Å²) in [6.07, 6.45) is 8.91. The highest BCUT2D eigenvalue weighted by molar-refractivity contribution is 6.00. The van der Waals surface area contributed by atoms with Crippen molar-refractivity contribution in [2.24, 2.45) is 5.92 Å². The first-order valence-electron chi connectivity index (χ1n) is 8.34. The molecule has 2 N–H and O–H groups in total. The Kier molecular flexibility index (Phi) is 4.18. The molecule has 1 aliphatic heterocycles. The number of para-hydroxylation sites is 1. The van der Waals surface area contributed by atoms with Gasteiger partial charge in [-0.25, -0.2) is 0 Å². The van der Waals surface area contributed by atoms with Gasteiger partial charge in [-0.15, -0.1) is 0 Å². The molecule has 1 aliphatic carbocycles. The first-order chi connectivity index (χ1) is 10.2. The lowest BCUT2D eigenvalue weighted by Crippen LogP contribution is -2.41. The molecule has 114 valence electrons. The zero-order valence-corrected chi connectivity index (χ0v) is 13.0. The number of hydrogen-bond donors (Lipinski definition) is 1. The second-order valence-electron chi connectivity index (χ2n) is 6.64. The van der Waals surface area contributed by atoms with E-state index >= 15 is 0 Å². The van der Waals surface area contributed by atoms with E-state index in [0.29, 0.717) is 23.2 Å². The highest BCUT2D eigenvalue weighted by atomic mass is 16.2. The second kappa shape index (κ2) is 6.08. The van der Waals surface area contributed by atoms with Gasteiger partial charge >= 0.3 is 0 Å². The summed E-state index contributed by atoms with van der Waals surface area (Å²) < 4.78 is 0. The molecule has 1 aromatic rings. The van der Waals surface area contributed by atoms with Crippen molar-refractivity contribution in [3.63, 3.8) is 0 Å². The average Bonchev–Trinajstić information content (AvgIpc) is 3.00. The SMILES string of the molecule is Cc1cccc(C(=O)N2CCCC2C2CCCCC2)c1N. The molecule has 2 fully saturated rings. The number of nitrogens with zero attached hydrogens (tertiary/aromatic N) is 1. The Hall–Kier alpha value is -1.51. The van der Waals surface area contributed by atoms with Crippen LogP contribution in [0.1, 0.15) is 60.9 Å². The molecular formula is C18H26N2O. The van der Waals surface area contributed by atoms with Gasteiger partial charge in [-0.05, 0) is 50.2 Å². The lowest BCUT2D eigenvalue weighted by Gasteiger charge is -2.34. The number of hydrogen-bond acceptors (Lipinski definition) is 2. The minimum Gasteiger partial charge on any atom is -0.398 e. The summed E-state index contributed by atoms with van der Waals surface area (Å²) in [7, 11) is 0. The maximum Gasteiger partial charge on any atom is 0.256 e. The first kappa shape index (κ1) is 14.4. The monoisotopic (exact) mass is 286 g/mol. The van der Waals surface area contributed by atoms with Crippen LogP contribution in [-0.2, 0) is 0 Å². The Morgan fingerprint density at radius 1 is 1.14 bits per heavy atom. The van der Waals surface area contributed by atoms with Gasteiger partial charge in [-0.1, -0.05) is 31.4 Å². The Balaban J connectivity index is 1.81. The van der Waals surface area contributed by atoms with Gasteiger partial charge in [-0.3, -0.25) is 4.79 Å². The molecule has 1 atom stereocenters. The zero-order valence-electron chi connectivity index (χ0n) is 13.0. The molecule has 2 aliphatic rings. The number of nitrogens with two attached hydrogens (primary N) is 1. The maximum atomic E-state index is 12.9. The summed E-state index contributed by atoms with van der Waals surface area (Å²) >= 11 is 0. The smallest absolute Gasteiger partial charge is 0.256 e. The lowest BCUT2D eigenvalue weighted by atomic mass is 9.83. The van der Waals surface area contributed by atoms with E-state index in [1.165, 1.54) is 38.5 Å². The molecular weight excluding hydrogens is 260 g/mol. The summed E-state index contributed by atoms with van der Waals surface area (Å²) in [5.74, 6) is 0.848. The number of likely N-dealkylation sites (tertiary alicyclic amines) is 1. The molecule has 3 nitrogen and oxygen atoms in total. The van der Waals surface area contributed by atoms with Gasteiger partial charge in [0.2, 0.25) is 0 Å². The first-order valence-corrected chi connectivity index (χ1v) is 8.34. The second-order valence-corrected chi connectivity index (χ2v) is 6.64. The molecule has 3 rings (SSSR count). The summed E-state index contributed by atoms with van der Waals surface area (Å²) in [5.41, 5.74) is 8.46. The Labute approximate surface area is 127 Å². The lowest BCUT2D eigenvalue weighted by molar-refractivity contribution is 0.0662. The molecule has 0 bridgehead atoms. The van der Waals surface area contributed by atoms with Crippen molar-refractivity contribution in [1.29, 1.82) is 0 Å². The number of rotatable bonds is 2. The summed E-state index contributed by atoms with van der Waals surface area (Å²) in [4.78, 5) is 15.0. The maximum absolute atomic E-state index is 12.9.